The van der Waals surface area contributed by atoms with Crippen LogP contribution in [0.25, 0.3) is 0 Å². The zero-order valence-corrected chi connectivity index (χ0v) is 19.2. The van der Waals surface area contributed by atoms with Crippen LogP contribution in [0.2, 0.25) is 0 Å². The quantitative estimate of drug-likeness (QED) is 0.229. The average Bonchev–Trinajstić information content (AvgIpc) is 3.14. The number of aliphatic imine (C=N–C) groups is 1. The SMILES string of the molecule is CN=C(NCCCOCC1CCOC1)NCC1CCCN(C(C)C)C1.I. The van der Waals surface area contributed by atoms with Crippen molar-refractivity contribution in [2.75, 3.05) is 59.7 Å². The Bertz CT molecular complexity index is 390. The van der Waals surface area contributed by atoms with Crippen LogP contribution in [0.15, 0.2) is 4.99 Å². The first-order valence-electron chi connectivity index (χ1n) is 10.0. The van der Waals surface area contributed by atoms with Crippen molar-refractivity contribution < 1.29 is 9.47 Å². The lowest BCUT2D eigenvalue weighted by Crippen LogP contribution is -2.46. The summed E-state index contributed by atoms with van der Waals surface area (Å²) in [5.41, 5.74) is 0. The Balaban J connectivity index is 0.00000338. The predicted molar refractivity (Wildman–Crippen MR) is 119 cm³/mol. The van der Waals surface area contributed by atoms with E-state index in [0.717, 1.165) is 58.3 Å². The van der Waals surface area contributed by atoms with Gasteiger partial charge in [0.15, 0.2) is 5.96 Å². The minimum absolute atomic E-state index is 0. The Hall–Kier alpha value is -0.120. The van der Waals surface area contributed by atoms with Crippen LogP contribution in [0.3, 0.4) is 0 Å². The summed E-state index contributed by atoms with van der Waals surface area (Å²) < 4.78 is 11.1. The molecular weight excluding hydrogens is 443 g/mol. The summed E-state index contributed by atoms with van der Waals surface area (Å²) in [6, 6.07) is 0.649. The Labute approximate surface area is 176 Å². The van der Waals surface area contributed by atoms with Gasteiger partial charge in [0, 0.05) is 51.9 Å². The second-order valence-electron chi connectivity index (χ2n) is 7.63. The summed E-state index contributed by atoms with van der Waals surface area (Å²) in [4.78, 5) is 6.91. The van der Waals surface area contributed by atoms with E-state index in [0.29, 0.717) is 17.9 Å². The van der Waals surface area contributed by atoms with E-state index in [1.54, 1.807) is 0 Å². The molecule has 2 aliphatic heterocycles. The fourth-order valence-corrected chi connectivity index (χ4v) is 3.54. The van der Waals surface area contributed by atoms with E-state index in [2.05, 4.69) is 34.4 Å². The Kier molecular flexibility index (Phi) is 12.8. The van der Waals surface area contributed by atoms with Gasteiger partial charge in [-0.3, -0.25) is 4.99 Å². The van der Waals surface area contributed by atoms with Gasteiger partial charge in [-0.25, -0.2) is 0 Å². The van der Waals surface area contributed by atoms with E-state index in [1.165, 1.54) is 25.9 Å². The average molecular weight is 482 g/mol. The van der Waals surface area contributed by atoms with Gasteiger partial charge in [0.05, 0.1) is 13.2 Å². The molecule has 2 N–H and O–H groups in total. The standard InChI is InChI=1S/C19H38N4O2.HI/c1-16(2)23-9-4-6-17(13-23)12-22-19(20-3)21-8-5-10-24-14-18-7-11-25-15-18;/h16-18H,4-15H2,1-3H3,(H2,20,21,22);1H. The third-order valence-corrected chi connectivity index (χ3v) is 5.20. The van der Waals surface area contributed by atoms with Crippen LogP contribution in [0.1, 0.15) is 39.5 Å². The minimum atomic E-state index is 0. The van der Waals surface area contributed by atoms with E-state index in [1.807, 2.05) is 7.05 Å². The molecule has 0 amide bonds. The molecule has 0 aliphatic carbocycles. The van der Waals surface area contributed by atoms with Gasteiger partial charge in [-0.1, -0.05) is 0 Å². The molecule has 2 atom stereocenters. The molecule has 2 fully saturated rings. The highest BCUT2D eigenvalue weighted by atomic mass is 127. The predicted octanol–water partition coefficient (Wildman–Crippen LogP) is 2.33. The van der Waals surface area contributed by atoms with Gasteiger partial charge < -0.3 is 25.0 Å². The van der Waals surface area contributed by atoms with Gasteiger partial charge in [-0.15, -0.1) is 24.0 Å². The summed E-state index contributed by atoms with van der Waals surface area (Å²) in [5.74, 6) is 2.22. The van der Waals surface area contributed by atoms with Crippen molar-refractivity contribution in [1.82, 2.24) is 15.5 Å². The first-order valence-corrected chi connectivity index (χ1v) is 10.0. The molecule has 0 aromatic heterocycles. The molecule has 2 rings (SSSR count). The first-order chi connectivity index (χ1) is 12.2. The number of nitrogens with zero attached hydrogens (tertiary/aromatic N) is 2. The monoisotopic (exact) mass is 482 g/mol. The van der Waals surface area contributed by atoms with Crippen molar-refractivity contribution >= 4 is 29.9 Å². The van der Waals surface area contributed by atoms with Crippen molar-refractivity contribution in [3.8, 4) is 0 Å². The molecule has 2 heterocycles. The number of ether oxygens (including phenoxy) is 2. The molecule has 6 nitrogen and oxygen atoms in total. The third-order valence-electron chi connectivity index (χ3n) is 5.20. The Morgan fingerprint density at radius 1 is 1.27 bits per heavy atom. The molecule has 7 heteroatoms. The van der Waals surface area contributed by atoms with Crippen molar-refractivity contribution in [3.05, 3.63) is 0 Å². The minimum Gasteiger partial charge on any atom is -0.381 e. The highest BCUT2D eigenvalue weighted by Crippen LogP contribution is 2.17. The summed E-state index contributed by atoms with van der Waals surface area (Å²) in [5, 5.41) is 6.88. The molecule has 2 aliphatic rings. The zero-order chi connectivity index (χ0) is 17.9. The molecule has 0 saturated carbocycles. The molecular formula is C19H39IN4O2. The summed E-state index contributed by atoms with van der Waals surface area (Å²) in [6.45, 7) is 12.3. The zero-order valence-electron chi connectivity index (χ0n) is 16.8. The molecule has 0 radical (unpaired) electrons. The lowest BCUT2D eigenvalue weighted by molar-refractivity contribution is 0.0888. The maximum absolute atomic E-state index is 5.74. The number of hydrogen-bond acceptors (Lipinski definition) is 4. The molecule has 2 unspecified atom stereocenters. The van der Waals surface area contributed by atoms with Gasteiger partial charge in [0.25, 0.3) is 0 Å². The molecule has 0 aromatic carbocycles. The summed E-state index contributed by atoms with van der Waals surface area (Å²) in [7, 11) is 1.84. The van der Waals surface area contributed by atoms with Crippen molar-refractivity contribution in [2.24, 2.45) is 16.8 Å². The molecule has 0 bridgehead atoms. The van der Waals surface area contributed by atoms with Crippen molar-refractivity contribution in [3.63, 3.8) is 0 Å². The van der Waals surface area contributed by atoms with Crippen LogP contribution in [0.5, 0.6) is 0 Å². The second kappa shape index (κ2) is 14.0. The van der Waals surface area contributed by atoms with E-state index >= 15 is 0 Å². The highest BCUT2D eigenvalue weighted by molar-refractivity contribution is 14.0. The molecule has 154 valence electrons. The number of likely N-dealkylation sites (tertiary alicyclic amines) is 1. The van der Waals surface area contributed by atoms with Gasteiger partial charge in [0.2, 0.25) is 0 Å². The maximum atomic E-state index is 5.74. The van der Waals surface area contributed by atoms with E-state index in [4.69, 9.17) is 9.47 Å². The van der Waals surface area contributed by atoms with Crippen molar-refractivity contribution in [1.29, 1.82) is 0 Å². The van der Waals surface area contributed by atoms with Gasteiger partial charge in [-0.2, -0.15) is 0 Å². The smallest absolute Gasteiger partial charge is 0.190 e. The van der Waals surface area contributed by atoms with E-state index < -0.39 is 0 Å². The number of halogens is 1. The van der Waals surface area contributed by atoms with Crippen LogP contribution in [-0.4, -0.2) is 76.6 Å². The van der Waals surface area contributed by atoms with Crippen LogP contribution in [-0.2, 0) is 9.47 Å². The van der Waals surface area contributed by atoms with Gasteiger partial charge >= 0.3 is 0 Å². The van der Waals surface area contributed by atoms with Gasteiger partial charge in [-0.05, 0) is 52.0 Å². The molecule has 0 aromatic rings. The molecule has 0 spiro atoms. The summed E-state index contributed by atoms with van der Waals surface area (Å²) in [6.07, 6.45) is 4.76. The summed E-state index contributed by atoms with van der Waals surface area (Å²) >= 11 is 0. The van der Waals surface area contributed by atoms with Crippen LogP contribution < -0.4 is 10.6 Å². The van der Waals surface area contributed by atoms with Crippen LogP contribution in [0, 0.1) is 11.8 Å². The Morgan fingerprint density at radius 2 is 2.12 bits per heavy atom. The number of piperidine rings is 1. The lowest BCUT2D eigenvalue weighted by Gasteiger charge is -2.35. The Morgan fingerprint density at radius 3 is 2.81 bits per heavy atom. The number of guanidine groups is 1. The number of hydrogen-bond donors (Lipinski definition) is 2. The fourth-order valence-electron chi connectivity index (χ4n) is 3.54. The van der Waals surface area contributed by atoms with Crippen LogP contribution >= 0.6 is 24.0 Å². The first kappa shape index (κ1) is 23.9. The van der Waals surface area contributed by atoms with E-state index in [-0.39, 0.29) is 24.0 Å². The highest BCUT2D eigenvalue weighted by Gasteiger charge is 2.21. The third kappa shape index (κ3) is 9.19. The maximum Gasteiger partial charge on any atom is 0.190 e. The van der Waals surface area contributed by atoms with Gasteiger partial charge in [0.1, 0.15) is 0 Å². The van der Waals surface area contributed by atoms with E-state index in [9.17, 15) is 0 Å². The lowest BCUT2D eigenvalue weighted by atomic mass is 9.97. The van der Waals surface area contributed by atoms with Crippen LogP contribution in [0.4, 0.5) is 0 Å². The largest absolute Gasteiger partial charge is 0.381 e. The second-order valence-corrected chi connectivity index (χ2v) is 7.63. The fraction of sp³-hybridized carbons (Fsp3) is 0.947. The van der Waals surface area contributed by atoms with Crippen molar-refractivity contribution in [2.45, 2.75) is 45.6 Å². The number of nitrogens with one attached hydrogen (secondary N) is 2. The molecule has 26 heavy (non-hydrogen) atoms. The topological polar surface area (TPSA) is 58.1 Å². The molecule has 2 saturated heterocycles. The number of rotatable bonds is 9. The normalized spacial score (nSPS) is 24.5.